The molecule has 2 aromatic carbocycles. The smallest absolute Gasteiger partial charge is 0.256 e. The Morgan fingerprint density at radius 3 is 2.79 bits per heavy atom. The average Bonchev–Trinajstić information content (AvgIpc) is 2.86. The topological polar surface area (TPSA) is 46.9 Å². The third-order valence-electron chi connectivity index (χ3n) is 3.27. The van der Waals surface area contributed by atoms with E-state index in [0.29, 0.717) is 17.1 Å². The highest BCUT2D eigenvalue weighted by molar-refractivity contribution is 9.10. The quantitative estimate of drug-likeness (QED) is 0.678. The number of aromatic nitrogens is 2. The Hall–Kier alpha value is -2.18. The molecule has 0 bridgehead atoms. The van der Waals surface area contributed by atoms with Crippen molar-refractivity contribution in [3.8, 4) is 0 Å². The SMILES string of the molecule is O=C(Nc1nn(Cc2cccc(F)c2)cc1Cl)c1cccc(Br)c1. The molecule has 0 spiro atoms. The number of carbonyl (C=O) groups is 1. The van der Waals surface area contributed by atoms with Gasteiger partial charge in [-0.1, -0.05) is 45.7 Å². The summed E-state index contributed by atoms with van der Waals surface area (Å²) in [5, 5.41) is 7.23. The monoisotopic (exact) mass is 407 g/mol. The van der Waals surface area contributed by atoms with Crippen molar-refractivity contribution in [1.29, 1.82) is 0 Å². The molecular formula is C17H12BrClFN3O. The molecule has 4 nitrogen and oxygen atoms in total. The summed E-state index contributed by atoms with van der Waals surface area (Å²) >= 11 is 9.44. The second-order valence-corrected chi connectivity index (χ2v) is 6.44. The van der Waals surface area contributed by atoms with E-state index in [4.69, 9.17) is 11.6 Å². The van der Waals surface area contributed by atoms with Crippen LogP contribution in [0.1, 0.15) is 15.9 Å². The first kappa shape index (κ1) is 16.7. The highest BCUT2D eigenvalue weighted by atomic mass is 79.9. The molecule has 0 radical (unpaired) electrons. The molecule has 0 saturated heterocycles. The number of carbonyl (C=O) groups excluding carboxylic acids is 1. The van der Waals surface area contributed by atoms with Gasteiger partial charge in [0.15, 0.2) is 5.82 Å². The van der Waals surface area contributed by atoms with Gasteiger partial charge in [0.2, 0.25) is 0 Å². The van der Waals surface area contributed by atoms with Crippen LogP contribution < -0.4 is 5.32 Å². The van der Waals surface area contributed by atoms with Crippen LogP contribution >= 0.6 is 27.5 Å². The maximum atomic E-state index is 13.2. The lowest BCUT2D eigenvalue weighted by atomic mass is 10.2. The molecule has 0 aliphatic carbocycles. The fourth-order valence-electron chi connectivity index (χ4n) is 2.19. The minimum Gasteiger partial charge on any atom is -0.304 e. The van der Waals surface area contributed by atoms with Crippen LogP contribution in [0, 0.1) is 5.82 Å². The summed E-state index contributed by atoms with van der Waals surface area (Å²) in [6.07, 6.45) is 1.59. The average molecular weight is 409 g/mol. The van der Waals surface area contributed by atoms with E-state index in [1.165, 1.54) is 12.1 Å². The molecule has 0 saturated carbocycles. The second kappa shape index (κ2) is 7.15. The number of anilines is 1. The Bertz CT molecular complexity index is 897. The van der Waals surface area contributed by atoms with Crippen molar-refractivity contribution >= 4 is 39.3 Å². The summed E-state index contributed by atoms with van der Waals surface area (Å²) in [5.74, 6) is -0.360. The third-order valence-corrected chi connectivity index (χ3v) is 4.04. The van der Waals surface area contributed by atoms with Gasteiger partial charge < -0.3 is 5.32 Å². The lowest BCUT2D eigenvalue weighted by Gasteiger charge is -2.04. The van der Waals surface area contributed by atoms with Gasteiger partial charge in [0, 0.05) is 16.2 Å². The Kier molecular flexibility index (Phi) is 4.97. The van der Waals surface area contributed by atoms with Gasteiger partial charge in [0.1, 0.15) is 10.8 Å². The zero-order valence-electron chi connectivity index (χ0n) is 12.3. The van der Waals surface area contributed by atoms with Crippen molar-refractivity contribution < 1.29 is 9.18 Å². The van der Waals surface area contributed by atoms with Crippen LogP contribution in [0.15, 0.2) is 59.2 Å². The van der Waals surface area contributed by atoms with Gasteiger partial charge >= 0.3 is 0 Å². The highest BCUT2D eigenvalue weighted by Gasteiger charge is 2.13. The molecule has 1 N–H and O–H groups in total. The molecule has 7 heteroatoms. The Balaban J connectivity index is 1.75. The first-order valence-corrected chi connectivity index (χ1v) is 8.23. The first-order valence-electron chi connectivity index (χ1n) is 7.05. The standard InChI is InChI=1S/C17H12BrClFN3O/c18-13-5-2-4-12(8-13)17(24)21-16-15(19)10-23(22-16)9-11-3-1-6-14(20)7-11/h1-8,10H,9H2,(H,21,22,24). The van der Waals surface area contributed by atoms with Gasteiger partial charge in [0.25, 0.3) is 5.91 Å². The van der Waals surface area contributed by atoms with E-state index in [9.17, 15) is 9.18 Å². The Morgan fingerprint density at radius 1 is 1.25 bits per heavy atom. The molecule has 24 heavy (non-hydrogen) atoms. The Labute approximate surface area is 151 Å². The summed E-state index contributed by atoms with van der Waals surface area (Å²) in [7, 11) is 0. The second-order valence-electron chi connectivity index (χ2n) is 5.12. The summed E-state index contributed by atoms with van der Waals surface area (Å²) < 4.78 is 15.6. The number of nitrogens with one attached hydrogen (secondary N) is 1. The highest BCUT2D eigenvalue weighted by Crippen LogP contribution is 2.21. The molecule has 1 heterocycles. The molecule has 1 amide bonds. The van der Waals surface area contributed by atoms with Gasteiger partial charge in [-0.3, -0.25) is 9.48 Å². The first-order chi connectivity index (χ1) is 11.5. The van der Waals surface area contributed by atoms with Crippen LogP contribution in [0.25, 0.3) is 0 Å². The van der Waals surface area contributed by atoms with E-state index in [-0.39, 0.29) is 17.5 Å². The van der Waals surface area contributed by atoms with Crippen LogP contribution in [-0.4, -0.2) is 15.7 Å². The Morgan fingerprint density at radius 2 is 2.04 bits per heavy atom. The van der Waals surface area contributed by atoms with Gasteiger partial charge in [-0.25, -0.2) is 4.39 Å². The lowest BCUT2D eigenvalue weighted by Crippen LogP contribution is -2.13. The number of hydrogen-bond acceptors (Lipinski definition) is 2. The van der Waals surface area contributed by atoms with Gasteiger partial charge in [-0.05, 0) is 35.9 Å². The van der Waals surface area contributed by atoms with Gasteiger partial charge in [0.05, 0.1) is 6.54 Å². The number of amides is 1. The van der Waals surface area contributed by atoms with Crippen molar-refractivity contribution in [2.24, 2.45) is 0 Å². The zero-order chi connectivity index (χ0) is 17.1. The van der Waals surface area contributed by atoms with Crippen LogP contribution in [-0.2, 0) is 6.54 Å². The molecule has 0 unspecified atom stereocenters. The normalized spacial score (nSPS) is 10.6. The minimum atomic E-state index is -0.311. The minimum absolute atomic E-state index is 0.262. The largest absolute Gasteiger partial charge is 0.304 e. The van der Waals surface area contributed by atoms with Crippen molar-refractivity contribution in [2.45, 2.75) is 6.54 Å². The van der Waals surface area contributed by atoms with Crippen molar-refractivity contribution in [3.63, 3.8) is 0 Å². The molecular weight excluding hydrogens is 397 g/mol. The molecule has 3 rings (SSSR count). The molecule has 3 aromatic rings. The maximum Gasteiger partial charge on any atom is 0.256 e. The molecule has 0 fully saturated rings. The molecule has 1 aromatic heterocycles. The number of hydrogen-bond donors (Lipinski definition) is 1. The van der Waals surface area contributed by atoms with E-state index in [1.54, 1.807) is 41.2 Å². The summed E-state index contributed by atoms with van der Waals surface area (Å²) in [5.41, 5.74) is 1.24. The summed E-state index contributed by atoms with van der Waals surface area (Å²) in [6, 6.07) is 13.2. The number of halogens is 3. The predicted molar refractivity (Wildman–Crippen MR) is 94.8 cm³/mol. The fraction of sp³-hybridized carbons (Fsp3) is 0.0588. The lowest BCUT2D eigenvalue weighted by molar-refractivity contribution is 0.102. The van der Waals surface area contributed by atoms with Gasteiger partial charge in [-0.2, -0.15) is 5.10 Å². The van der Waals surface area contributed by atoms with E-state index < -0.39 is 0 Å². The molecule has 0 atom stereocenters. The zero-order valence-corrected chi connectivity index (χ0v) is 14.7. The molecule has 122 valence electrons. The maximum absolute atomic E-state index is 13.2. The van der Waals surface area contributed by atoms with E-state index in [2.05, 4.69) is 26.3 Å². The van der Waals surface area contributed by atoms with Crippen LogP contribution in [0.4, 0.5) is 10.2 Å². The fourth-order valence-corrected chi connectivity index (χ4v) is 2.79. The third kappa shape index (κ3) is 4.01. The van der Waals surface area contributed by atoms with Crippen molar-refractivity contribution in [3.05, 3.63) is 81.2 Å². The summed E-state index contributed by atoms with van der Waals surface area (Å²) in [4.78, 5) is 12.2. The van der Waals surface area contributed by atoms with Gasteiger partial charge in [-0.15, -0.1) is 0 Å². The van der Waals surface area contributed by atoms with E-state index >= 15 is 0 Å². The van der Waals surface area contributed by atoms with Crippen LogP contribution in [0.2, 0.25) is 5.02 Å². The molecule has 0 aliphatic heterocycles. The van der Waals surface area contributed by atoms with Crippen LogP contribution in [0.5, 0.6) is 0 Å². The van der Waals surface area contributed by atoms with E-state index in [1.807, 2.05) is 6.07 Å². The summed E-state index contributed by atoms with van der Waals surface area (Å²) in [6.45, 7) is 0.351. The number of nitrogens with zero attached hydrogens (tertiary/aromatic N) is 2. The molecule has 0 aliphatic rings. The van der Waals surface area contributed by atoms with Crippen molar-refractivity contribution in [1.82, 2.24) is 9.78 Å². The predicted octanol–water partition coefficient (Wildman–Crippen LogP) is 4.74. The van der Waals surface area contributed by atoms with Crippen molar-refractivity contribution in [2.75, 3.05) is 5.32 Å². The van der Waals surface area contributed by atoms with E-state index in [0.717, 1.165) is 10.0 Å². The number of benzene rings is 2. The van der Waals surface area contributed by atoms with Crippen LogP contribution in [0.3, 0.4) is 0 Å². The number of rotatable bonds is 4.